The number of aromatic nitrogens is 1. The minimum absolute atomic E-state index is 0.0992. The van der Waals surface area contributed by atoms with Gasteiger partial charge in [0.2, 0.25) is 0 Å². The Labute approximate surface area is 107 Å². The zero-order valence-corrected chi connectivity index (χ0v) is 10.6. The molecular formula is C16H17NO. The Morgan fingerprint density at radius 1 is 1.11 bits per heavy atom. The Hall–Kier alpha value is -1.83. The van der Waals surface area contributed by atoms with Gasteiger partial charge < -0.3 is 4.98 Å². The minimum Gasteiger partial charge on any atom is -0.326 e. The molecule has 2 heteroatoms. The fraction of sp³-hybridized carbons (Fsp3) is 0.312. The second-order valence-corrected chi connectivity index (χ2v) is 5.20. The molecule has 1 saturated carbocycles. The van der Waals surface area contributed by atoms with Crippen molar-refractivity contribution >= 4 is 0 Å². The van der Waals surface area contributed by atoms with Crippen LogP contribution in [0.3, 0.4) is 0 Å². The van der Waals surface area contributed by atoms with Crippen molar-refractivity contribution in [3.05, 3.63) is 69.1 Å². The molecule has 0 atom stereocenters. The fourth-order valence-corrected chi connectivity index (χ4v) is 2.27. The van der Waals surface area contributed by atoms with Gasteiger partial charge in [0.15, 0.2) is 0 Å². The first-order valence-corrected chi connectivity index (χ1v) is 6.50. The predicted molar refractivity (Wildman–Crippen MR) is 73.0 cm³/mol. The Morgan fingerprint density at radius 2 is 1.83 bits per heavy atom. The molecule has 1 aromatic heterocycles. The number of pyridine rings is 1. The van der Waals surface area contributed by atoms with E-state index >= 15 is 0 Å². The molecule has 0 radical (unpaired) electrons. The molecule has 92 valence electrons. The second-order valence-electron chi connectivity index (χ2n) is 5.20. The van der Waals surface area contributed by atoms with Gasteiger partial charge in [-0.1, -0.05) is 35.9 Å². The normalized spacial score (nSPS) is 14.7. The zero-order chi connectivity index (χ0) is 12.5. The van der Waals surface area contributed by atoms with Crippen LogP contribution < -0.4 is 5.56 Å². The first-order valence-electron chi connectivity index (χ1n) is 6.50. The van der Waals surface area contributed by atoms with Crippen LogP contribution >= 0.6 is 0 Å². The highest BCUT2D eigenvalue weighted by Crippen LogP contribution is 2.38. The van der Waals surface area contributed by atoms with Gasteiger partial charge in [-0.2, -0.15) is 0 Å². The van der Waals surface area contributed by atoms with Gasteiger partial charge in [0, 0.05) is 17.7 Å². The summed E-state index contributed by atoms with van der Waals surface area (Å²) >= 11 is 0. The van der Waals surface area contributed by atoms with E-state index in [1.54, 1.807) is 0 Å². The number of rotatable bonds is 3. The summed E-state index contributed by atoms with van der Waals surface area (Å²) < 4.78 is 0. The van der Waals surface area contributed by atoms with E-state index < -0.39 is 0 Å². The number of aromatic amines is 1. The number of hydrogen-bond acceptors (Lipinski definition) is 1. The summed E-state index contributed by atoms with van der Waals surface area (Å²) in [5.74, 6) is 0.516. The van der Waals surface area contributed by atoms with Crippen LogP contribution in [0.5, 0.6) is 0 Å². The van der Waals surface area contributed by atoms with Gasteiger partial charge in [-0.05, 0) is 37.3 Å². The van der Waals surface area contributed by atoms with Gasteiger partial charge in [0.25, 0.3) is 5.56 Å². The molecule has 1 N–H and O–H groups in total. The molecule has 1 aromatic carbocycles. The van der Waals surface area contributed by atoms with Crippen LogP contribution in [0.2, 0.25) is 0 Å². The zero-order valence-electron chi connectivity index (χ0n) is 10.6. The van der Waals surface area contributed by atoms with E-state index in [9.17, 15) is 4.79 Å². The van der Waals surface area contributed by atoms with Crippen LogP contribution in [-0.4, -0.2) is 4.98 Å². The van der Waals surface area contributed by atoms with Crippen LogP contribution in [0.1, 0.15) is 41.1 Å². The molecule has 0 aliphatic heterocycles. The maximum Gasteiger partial charge on any atom is 0.251 e. The monoisotopic (exact) mass is 239 g/mol. The molecule has 0 amide bonds. The molecule has 1 heterocycles. The van der Waals surface area contributed by atoms with E-state index in [0.717, 1.165) is 17.7 Å². The summed E-state index contributed by atoms with van der Waals surface area (Å²) in [4.78, 5) is 14.9. The van der Waals surface area contributed by atoms with Crippen LogP contribution in [0.15, 0.2) is 41.2 Å². The Morgan fingerprint density at radius 3 is 2.44 bits per heavy atom. The lowest BCUT2D eigenvalue weighted by Gasteiger charge is -2.04. The minimum atomic E-state index is 0.0992. The third-order valence-electron chi connectivity index (χ3n) is 3.53. The molecule has 1 aliphatic carbocycles. The summed E-state index contributed by atoms with van der Waals surface area (Å²) in [7, 11) is 0. The van der Waals surface area contributed by atoms with Crippen molar-refractivity contribution in [1.29, 1.82) is 0 Å². The van der Waals surface area contributed by atoms with E-state index in [4.69, 9.17) is 0 Å². The summed E-state index contributed by atoms with van der Waals surface area (Å²) in [6.07, 6.45) is 3.13. The van der Waals surface area contributed by atoms with Crippen molar-refractivity contribution in [2.45, 2.75) is 32.1 Å². The van der Waals surface area contributed by atoms with Gasteiger partial charge in [-0.3, -0.25) is 4.79 Å². The average molecular weight is 239 g/mol. The molecule has 0 saturated heterocycles. The van der Waals surface area contributed by atoms with Gasteiger partial charge in [0.05, 0.1) is 0 Å². The molecule has 0 unspecified atom stereocenters. The first-order chi connectivity index (χ1) is 8.72. The number of H-pyrrole nitrogens is 1. The van der Waals surface area contributed by atoms with Gasteiger partial charge in [-0.15, -0.1) is 0 Å². The number of benzene rings is 1. The van der Waals surface area contributed by atoms with Crippen LogP contribution in [-0.2, 0) is 6.42 Å². The molecule has 0 bridgehead atoms. The van der Waals surface area contributed by atoms with Gasteiger partial charge in [-0.25, -0.2) is 0 Å². The van der Waals surface area contributed by atoms with Gasteiger partial charge in [0.1, 0.15) is 0 Å². The van der Waals surface area contributed by atoms with Crippen molar-refractivity contribution in [1.82, 2.24) is 4.98 Å². The van der Waals surface area contributed by atoms with Gasteiger partial charge >= 0.3 is 0 Å². The lowest BCUT2D eigenvalue weighted by molar-refractivity contribution is 0.985. The molecule has 0 spiro atoms. The summed E-state index contributed by atoms with van der Waals surface area (Å²) in [6, 6.07) is 12.5. The van der Waals surface area contributed by atoms with Crippen molar-refractivity contribution in [3.8, 4) is 0 Å². The standard InChI is InChI=1S/C16H17NO/c1-11-2-4-12(5-3-11)10-14-8-9-15(13-6-7-13)16(18)17-14/h2-5,8-9,13H,6-7,10H2,1H3,(H,17,18). The molecule has 1 aliphatic rings. The maximum atomic E-state index is 11.9. The van der Waals surface area contributed by atoms with Crippen molar-refractivity contribution in [2.75, 3.05) is 0 Å². The SMILES string of the molecule is Cc1ccc(Cc2ccc(C3CC3)c(=O)[nH]2)cc1. The molecule has 1 fully saturated rings. The molecule has 2 aromatic rings. The Kier molecular flexibility index (Phi) is 2.78. The van der Waals surface area contributed by atoms with Crippen molar-refractivity contribution in [3.63, 3.8) is 0 Å². The van der Waals surface area contributed by atoms with E-state index in [1.165, 1.54) is 24.0 Å². The molecular weight excluding hydrogens is 222 g/mol. The highest BCUT2D eigenvalue weighted by atomic mass is 16.1. The lowest BCUT2D eigenvalue weighted by Crippen LogP contribution is -2.13. The van der Waals surface area contributed by atoms with Crippen LogP contribution in [0.4, 0.5) is 0 Å². The van der Waals surface area contributed by atoms with Crippen molar-refractivity contribution in [2.24, 2.45) is 0 Å². The molecule has 2 nitrogen and oxygen atoms in total. The van der Waals surface area contributed by atoms with E-state index in [0.29, 0.717) is 5.92 Å². The maximum absolute atomic E-state index is 11.9. The summed E-state index contributed by atoms with van der Waals surface area (Å²) in [5.41, 5.74) is 4.55. The molecule has 18 heavy (non-hydrogen) atoms. The highest BCUT2D eigenvalue weighted by molar-refractivity contribution is 5.28. The Balaban J connectivity index is 1.82. The lowest BCUT2D eigenvalue weighted by atomic mass is 10.1. The van der Waals surface area contributed by atoms with Crippen molar-refractivity contribution < 1.29 is 0 Å². The van der Waals surface area contributed by atoms with E-state index in [1.807, 2.05) is 6.07 Å². The summed E-state index contributed by atoms with van der Waals surface area (Å²) in [6.45, 7) is 2.08. The Bertz CT molecular complexity index is 606. The number of hydrogen-bond donors (Lipinski definition) is 1. The smallest absolute Gasteiger partial charge is 0.251 e. The van der Waals surface area contributed by atoms with E-state index in [-0.39, 0.29) is 5.56 Å². The quantitative estimate of drug-likeness (QED) is 0.876. The molecule has 3 rings (SSSR count). The third-order valence-corrected chi connectivity index (χ3v) is 3.53. The predicted octanol–water partition coefficient (Wildman–Crippen LogP) is 3.15. The third kappa shape index (κ3) is 2.37. The highest BCUT2D eigenvalue weighted by Gasteiger charge is 2.25. The first kappa shape index (κ1) is 11.3. The summed E-state index contributed by atoms with van der Waals surface area (Å²) in [5, 5.41) is 0. The number of aryl methyl sites for hydroxylation is 1. The van der Waals surface area contributed by atoms with Crippen LogP contribution in [0, 0.1) is 6.92 Å². The van der Waals surface area contributed by atoms with Crippen LogP contribution in [0.25, 0.3) is 0 Å². The largest absolute Gasteiger partial charge is 0.326 e. The van der Waals surface area contributed by atoms with E-state index in [2.05, 4.69) is 42.2 Å². The fourth-order valence-electron chi connectivity index (χ4n) is 2.27. The second kappa shape index (κ2) is 4.45. The average Bonchev–Trinajstić information content (AvgIpc) is 3.17. The number of nitrogens with one attached hydrogen (secondary N) is 1. The topological polar surface area (TPSA) is 32.9 Å².